The Morgan fingerprint density at radius 2 is 1.97 bits per heavy atom. The summed E-state index contributed by atoms with van der Waals surface area (Å²) in [6.45, 7) is 7.63. The number of amides is 2. The van der Waals surface area contributed by atoms with Crippen LogP contribution < -0.4 is 0 Å². The van der Waals surface area contributed by atoms with Crippen LogP contribution in [0.5, 0.6) is 0 Å². The van der Waals surface area contributed by atoms with E-state index < -0.39 is 35.6 Å². The monoisotopic (exact) mass is 446 g/mol. The first kappa shape index (κ1) is 23.0. The van der Waals surface area contributed by atoms with Crippen molar-refractivity contribution in [3.05, 3.63) is 25.3 Å². The third-order valence-electron chi connectivity index (χ3n) is 7.61. The van der Waals surface area contributed by atoms with E-state index in [0.29, 0.717) is 19.4 Å². The van der Waals surface area contributed by atoms with E-state index in [-0.39, 0.29) is 37.6 Å². The zero-order valence-corrected chi connectivity index (χ0v) is 18.6. The molecule has 4 aliphatic rings. The number of β-amino-alcohol motifs (C(OH)–C–C–N with tert-alkyl or cyclic N) is 1. The molecule has 1 spiro atoms. The van der Waals surface area contributed by atoms with Crippen LogP contribution in [0, 0.1) is 11.8 Å². The summed E-state index contributed by atoms with van der Waals surface area (Å²) in [5.41, 5.74) is -1.06. The number of aliphatic hydroxyl groups excluding tert-OH is 1. The van der Waals surface area contributed by atoms with Crippen LogP contribution >= 0.6 is 0 Å². The van der Waals surface area contributed by atoms with Gasteiger partial charge in [0.25, 0.3) is 0 Å². The molecule has 32 heavy (non-hydrogen) atoms. The molecule has 0 aromatic heterocycles. The number of rotatable bonds is 9. The highest BCUT2D eigenvalue weighted by Crippen LogP contribution is 2.58. The summed E-state index contributed by atoms with van der Waals surface area (Å²) in [6.07, 6.45) is 9.05. The molecule has 3 heterocycles. The number of esters is 1. The normalized spacial score (nSPS) is 33.8. The van der Waals surface area contributed by atoms with Gasteiger partial charge in [0.2, 0.25) is 11.8 Å². The second-order valence-electron chi connectivity index (χ2n) is 9.30. The third kappa shape index (κ3) is 3.57. The quantitative estimate of drug-likeness (QED) is 0.425. The molecule has 5 atom stereocenters. The van der Waals surface area contributed by atoms with Crippen LogP contribution in [-0.4, -0.2) is 82.8 Å². The number of carbonyl (C=O) groups is 3. The van der Waals surface area contributed by atoms with Crippen LogP contribution in [0.1, 0.15) is 44.9 Å². The molecule has 1 saturated carbocycles. The Morgan fingerprint density at radius 3 is 2.62 bits per heavy atom. The van der Waals surface area contributed by atoms with Crippen molar-refractivity contribution in [2.45, 2.75) is 68.7 Å². The fraction of sp³-hybridized carbons (Fsp3) is 0.708. The van der Waals surface area contributed by atoms with E-state index in [9.17, 15) is 19.5 Å². The first-order valence-electron chi connectivity index (χ1n) is 11.8. The number of carbonyl (C=O) groups excluding carboxylic acids is 3. The summed E-state index contributed by atoms with van der Waals surface area (Å²) in [7, 11) is 0. The summed E-state index contributed by atoms with van der Waals surface area (Å²) < 4.78 is 11.6. The Hall–Kier alpha value is -2.19. The molecule has 0 aromatic carbocycles. The molecule has 8 heteroatoms. The lowest BCUT2D eigenvalue weighted by atomic mass is 9.70. The summed E-state index contributed by atoms with van der Waals surface area (Å²) in [5, 5.41) is 9.68. The first-order valence-corrected chi connectivity index (χ1v) is 11.8. The summed E-state index contributed by atoms with van der Waals surface area (Å²) >= 11 is 0. The molecule has 2 amide bonds. The SMILES string of the molecule is C=CCOC(=O)[C@@H]1[C@H]2C(=O)N(CCO)C(C(=O)N(CC=C)C3CCCCC3)C23CC[C@H]1O3. The number of hydrogen-bond acceptors (Lipinski definition) is 6. The Labute approximate surface area is 189 Å². The van der Waals surface area contributed by atoms with Crippen LogP contribution in [0.2, 0.25) is 0 Å². The second-order valence-corrected chi connectivity index (χ2v) is 9.30. The van der Waals surface area contributed by atoms with Gasteiger partial charge in [-0.25, -0.2) is 0 Å². The second kappa shape index (κ2) is 9.35. The van der Waals surface area contributed by atoms with Crippen molar-refractivity contribution in [3.63, 3.8) is 0 Å². The maximum atomic E-state index is 14.0. The van der Waals surface area contributed by atoms with Crippen LogP contribution in [-0.2, 0) is 23.9 Å². The molecule has 3 saturated heterocycles. The molecule has 4 fully saturated rings. The largest absolute Gasteiger partial charge is 0.461 e. The minimum atomic E-state index is -1.06. The molecular formula is C24H34N2O6. The first-order chi connectivity index (χ1) is 15.5. The predicted molar refractivity (Wildman–Crippen MR) is 116 cm³/mol. The zero-order valence-electron chi connectivity index (χ0n) is 18.6. The Kier molecular flexibility index (Phi) is 6.72. The van der Waals surface area contributed by atoms with E-state index in [2.05, 4.69) is 13.2 Å². The van der Waals surface area contributed by atoms with Gasteiger partial charge in [-0.2, -0.15) is 0 Å². The molecule has 0 aromatic rings. The van der Waals surface area contributed by atoms with Gasteiger partial charge in [-0.3, -0.25) is 14.4 Å². The van der Waals surface area contributed by atoms with Crippen LogP contribution in [0.15, 0.2) is 25.3 Å². The van der Waals surface area contributed by atoms with Gasteiger partial charge in [-0.05, 0) is 25.7 Å². The van der Waals surface area contributed by atoms with Crippen molar-refractivity contribution in [1.29, 1.82) is 0 Å². The fourth-order valence-electron chi connectivity index (χ4n) is 6.39. The van der Waals surface area contributed by atoms with Crippen molar-refractivity contribution in [2.75, 3.05) is 26.3 Å². The average molecular weight is 447 g/mol. The molecular weight excluding hydrogens is 412 g/mol. The maximum Gasteiger partial charge on any atom is 0.312 e. The predicted octanol–water partition coefficient (Wildman–Crippen LogP) is 1.43. The minimum absolute atomic E-state index is 0.0303. The highest BCUT2D eigenvalue weighted by atomic mass is 16.6. The highest BCUT2D eigenvalue weighted by molar-refractivity contribution is 5.98. The molecule has 4 rings (SSSR count). The summed E-state index contributed by atoms with van der Waals surface area (Å²) in [5.74, 6) is -2.46. The summed E-state index contributed by atoms with van der Waals surface area (Å²) in [4.78, 5) is 43.7. The molecule has 1 N–H and O–H groups in total. The van der Waals surface area contributed by atoms with Gasteiger partial charge in [0, 0.05) is 19.1 Å². The number of aliphatic hydroxyl groups is 1. The molecule has 8 nitrogen and oxygen atoms in total. The minimum Gasteiger partial charge on any atom is -0.461 e. The van der Waals surface area contributed by atoms with Gasteiger partial charge in [-0.15, -0.1) is 6.58 Å². The van der Waals surface area contributed by atoms with Crippen LogP contribution in [0.4, 0.5) is 0 Å². The molecule has 1 aliphatic carbocycles. The summed E-state index contributed by atoms with van der Waals surface area (Å²) in [6, 6.07) is -0.751. The number of ether oxygens (including phenoxy) is 2. The Bertz CT molecular complexity index is 778. The topological polar surface area (TPSA) is 96.4 Å². The molecule has 3 aliphatic heterocycles. The van der Waals surface area contributed by atoms with Crippen LogP contribution in [0.25, 0.3) is 0 Å². The average Bonchev–Trinajstić information content (AvgIpc) is 3.44. The maximum absolute atomic E-state index is 14.0. The van der Waals surface area contributed by atoms with Crippen LogP contribution in [0.3, 0.4) is 0 Å². The van der Waals surface area contributed by atoms with Gasteiger partial charge in [0.15, 0.2) is 0 Å². The van der Waals surface area contributed by atoms with E-state index in [1.807, 2.05) is 4.90 Å². The number of likely N-dealkylation sites (tertiary alicyclic amines) is 1. The molecule has 0 radical (unpaired) electrons. The van der Waals surface area contributed by atoms with E-state index >= 15 is 0 Å². The molecule has 2 unspecified atom stereocenters. The zero-order chi connectivity index (χ0) is 22.9. The molecule has 176 valence electrons. The Balaban J connectivity index is 1.68. The molecule has 2 bridgehead atoms. The van der Waals surface area contributed by atoms with E-state index in [1.165, 1.54) is 11.0 Å². The number of fused-ring (bicyclic) bond motifs is 1. The smallest absolute Gasteiger partial charge is 0.312 e. The Morgan fingerprint density at radius 1 is 1.22 bits per heavy atom. The van der Waals surface area contributed by atoms with Crippen molar-refractivity contribution < 1.29 is 29.0 Å². The van der Waals surface area contributed by atoms with E-state index in [4.69, 9.17) is 9.47 Å². The van der Waals surface area contributed by atoms with Crippen molar-refractivity contribution in [2.24, 2.45) is 11.8 Å². The highest BCUT2D eigenvalue weighted by Gasteiger charge is 2.75. The van der Waals surface area contributed by atoms with E-state index in [0.717, 1.165) is 32.1 Å². The van der Waals surface area contributed by atoms with Gasteiger partial charge >= 0.3 is 5.97 Å². The lowest BCUT2D eigenvalue weighted by molar-refractivity contribution is -0.154. The van der Waals surface area contributed by atoms with E-state index in [1.54, 1.807) is 6.08 Å². The van der Waals surface area contributed by atoms with Gasteiger partial charge in [0.1, 0.15) is 18.2 Å². The fourth-order valence-corrected chi connectivity index (χ4v) is 6.39. The standard InChI is InChI=1S/C24H34N2O6/c1-3-12-25(16-8-6-5-7-9-16)22(29)20-24-11-10-17(32-24)18(23(30)31-15-4-2)19(24)21(28)26(20)13-14-27/h3-4,16-20,27H,1-2,5-15H2/t17-,18+,19+,20?,24?/m1/s1. The van der Waals surface area contributed by atoms with Gasteiger partial charge in [0.05, 0.1) is 24.5 Å². The van der Waals surface area contributed by atoms with Crippen molar-refractivity contribution in [3.8, 4) is 0 Å². The lowest BCUT2D eigenvalue weighted by Gasteiger charge is -2.40. The van der Waals surface area contributed by atoms with Crippen molar-refractivity contribution >= 4 is 17.8 Å². The lowest BCUT2D eigenvalue weighted by Crippen LogP contribution is -2.58. The van der Waals surface area contributed by atoms with Crippen molar-refractivity contribution in [1.82, 2.24) is 9.80 Å². The number of nitrogens with zero attached hydrogens (tertiary/aromatic N) is 2. The van der Waals surface area contributed by atoms with Gasteiger partial charge < -0.3 is 24.4 Å². The number of hydrogen-bond donors (Lipinski definition) is 1. The third-order valence-corrected chi connectivity index (χ3v) is 7.61. The van der Waals surface area contributed by atoms with Gasteiger partial charge in [-0.1, -0.05) is 38.0 Å².